The number of pyridine rings is 1. The molecule has 0 aliphatic rings. The molecule has 0 aliphatic carbocycles. The molecule has 1 aromatic rings. The van der Waals surface area contributed by atoms with Gasteiger partial charge in [-0.3, -0.25) is 4.98 Å². The number of nitrogens with zero attached hydrogens (tertiary/aromatic N) is 1. The van der Waals surface area contributed by atoms with Gasteiger partial charge >= 0.3 is 5.97 Å². The summed E-state index contributed by atoms with van der Waals surface area (Å²) in [5.74, 6) is -1.14. The van der Waals surface area contributed by atoms with Crippen LogP contribution in [-0.2, 0) is 16.9 Å². The Kier molecular flexibility index (Phi) is 2.83. The first kappa shape index (κ1) is 10.6. The number of nitrogens with two attached hydrogens (primary N) is 1. The average molecular weight is 196 g/mol. The molecule has 0 radical (unpaired) electrons. The molecule has 0 saturated heterocycles. The Bertz CT molecular complexity index is 332. The predicted molar refractivity (Wildman–Crippen MR) is 49.3 cm³/mol. The molecule has 0 spiro atoms. The van der Waals surface area contributed by atoms with Crippen molar-refractivity contribution >= 4 is 5.97 Å². The van der Waals surface area contributed by atoms with E-state index in [4.69, 9.17) is 15.9 Å². The minimum atomic E-state index is -1.49. The molecule has 5 heteroatoms. The van der Waals surface area contributed by atoms with Gasteiger partial charge in [0, 0.05) is 6.20 Å². The number of rotatable bonds is 3. The SMILES string of the molecule is C[C@@](N)(C(=O)O)c1ccc(CO)cn1. The minimum Gasteiger partial charge on any atom is -0.480 e. The van der Waals surface area contributed by atoms with Crippen LogP contribution < -0.4 is 5.73 Å². The molecule has 1 heterocycles. The van der Waals surface area contributed by atoms with E-state index in [1.165, 1.54) is 19.2 Å². The smallest absolute Gasteiger partial charge is 0.329 e. The molecule has 0 saturated carbocycles. The maximum atomic E-state index is 10.8. The highest BCUT2D eigenvalue weighted by molar-refractivity contribution is 5.79. The summed E-state index contributed by atoms with van der Waals surface area (Å²) >= 11 is 0. The Labute approximate surface area is 81.2 Å². The van der Waals surface area contributed by atoms with Crippen LogP contribution in [0.5, 0.6) is 0 Å². The highest BCUT2D eigenvalue weighted by Gasteiger charge is 2.31. The van der Waals surface area contributed by atoms with Crippen LogP contribution in [0.4, 0.5) is 0 Å². The summed E-state index contributed by atoms with van der Waals surface area (Å²) in [6.45, 7) is 1.25. The Hall–Kier alpha value is -1.46. The van der Waals surface area contributed by atoms with Gasteiger partial charge in [0.05, 0.1) is 12.3 Å². The second-order valence-corrected chi connectivity index (χ2v) is 3.22. The molecule has 0 aromatic carbocycles. The van der Waals surface area contributed by atoms with E-state index in [2.05, 4.69) is 4.98 Å². The van der Waals surface area contributed by atoms with Crippen LogP contribution in [0.3, 0.4) is 0 Å². The molecular formula is C9H12N2O3. The monoisotopic (exact) mass is 196 g/mol. The summed E-state index contributed by atoms with van der Waals surface area (Å²) < 4.78 is 0. The lowest BCUT2D eigenvalue weighted by atomic mass is 9.98. The molecule has 14 heavy (non-hydrogen) atoms. The van der Waals surface area contributed by atoms with Crippen molar-refractivity contribution < 1.29 is 15.0 Å². The minimum absolute atomic E-state index is 0.123. The lowest BCUT2D eigenvalue weighted by Gasteiger charge is -2.18. The van der Waals surface area contributed by atoms with Gasteiger partial charge in [-0.15, -0.1) is 0 Å². The highest BCUT2D eigenvalue weighted by atomic mass is 16.4. The van der Waals surface area contributed by atoms with E-state index in [1.54, 1.807) is 6.07 Å². The number of aliphatic hydroxyl groups is 1. The van der Waals surface area contributed by atoms with Gasteiger partial charge in [0.25, 0.3) is 0 Å². The molecule has 5 nitrogen and oxygen atoms in total. The van der Waals surface area contributed by atoms with Crippen molar-refractivity contribution in [3.05, 3.63) is 29.6 Å². The Morgan fingerprint density at radius 2 is 2.29 bits per heavy atom. The zero-order chi connectivity index (χ0) is 10.8. The lowest BCUT2D eigenvalue weighted by Crippen LogP contribution is -2.42. The molecule has 0 aliphatic heterocycles. The van der Waals surface area contributed by atoms with Gasteiger partial charge in [-0.05, 0) is 18.6 Å². The van der Waals surface area contributed by atoms with E-state index in [1.807, 2.05) is 0 Å². The van der Waals surface area contributed by atoms with Crippen LogP contribution in [0.25, 0.3) is 0 Å². The highest BCUT2D eigenvalue weighted by Crippen LogP contribution is 2.15. The van der Waals surface area contributed by atoms with Crippen molar-refractivity contribution in [2.75, 3.05) is 0 Å². The molecule has 1 rings (SSSR count). The van der Waals surface area contributed by atoms with Gasteiger partial charge in [0.2, 0.25) is 0 Å². The first-order valence-electron chi connectivity index (χ1n) is 4.07. The van der Waals surface area contributed by atoms with E-state index < -0.39 is 11.5 Å². The third kappa shape index (κ3) is 1.89. The molecular weight excluding hydrogens is 184 g/mol. The fourth-order valence-electron chi connectivity index (χ4n) is 0.935. The quantitative estimate of drug-likeness (QED) is 0.623. The third-order valence-electron chi connectivity index (χ3n) is 1.98. The van der Waals surface area contributed by atoms with Gasteiger partial charge in [-0.1, -0.05) is 6.07 Å². The van der Waals surface area contributed by atoms with Gasteiger partial charge in [0.15, 0.2) is 5.54 Å². The lowest BCUT2D eigenvalue weighted by molar-refractivity contribution is -0.143. The van der Waals surface area contributed by atoms with Crippen molar-refractivity contribution in [2.45, 2.75) is 19.1 Å². The zero-order valence-electron chi connectivity index (χ0n) is 7.77. The van der Waals surface area contributed by atoms with Crippen molar-refractivity contribution in [1.29, 1.82) is 0 Å². The van der Waals surface area contributed by atoms with Crippen LogP contribution in [-0.4, -0.2) is 21.2 Å². The topological polar surface area (TPSA) is 96.4 Å². The number of aromatic nitrogens is 1. The summed E-state index contributed by atoms with van der Waals surface area (Å²) in [5.41, 5.74) is 4.94. The molecule has 0 bridgehead atoms. The van der Waals surface area contributed by atoms with Crippen LogP contribution >= 0.6 is 0 Å². The Morgan fingerprint density at radius 1 is 1.64 bits per heavy atom. The van der Waals surface area contributed by atoms with Crippen LogP contribution in [0.1, 0.15) is 18.2 Å². The van der Waals surface area contributed by atoms with Crippen molar-refractivity contribution in [3.8, 4) is 0 Å². The van der Waals surface area contributed by atoms with E-state index in [9.17, 15) is 4.79 Å². The van der Waals surface area contributed by atoms with Crippen molar-refractivity contribution in [3.63, 3.8) is 0 Å². The summed E-state index contributed by atoms with van der Waals surface area (Å²) in [5, 5.41) is 17.6. The summed E-state index contributed by atoms with van der Waals surface area (Å²) in [6, 6.07) is 3.09. The van der Waals surface area contributed by atoms with Gasteiger partial charge in [-0.2, -0.15) is 0 Å². The third-order valence-corrected chi connectivity index (χ3v) is 1.98. The van der Waals surface area contributed by atoms with Crippen molar-refractivity contribution in [1.82, 2.24) is 4.98 Å². The van der Waals surface area contributed by atoms with Gasteiger partial charge in [0.1, 0.15) is 0 Å². The van der Waals surface area contributed by atoms with Crippen LogP contribution in [0.2, 0.25) is 0 Å². The summed E-state index contributed by atoms with van der Waals surface area (Å²) in [7, 11) is 0. The summed E-state index contributed by atoms with van der Waals surface area (Å²) in [6.07, 6.45) is 1.41. The Morgan fingerprint density at radius 3 is 2.64 bits per heavy atom. The predicted octanol–water partition coefficient (Wildman–Crippen LogP) is -0.168. The van der Waals surface area contributed by atoms with Crippen LogP contribution in [0.15, 0.2) is 18.3 Å². The molecule has 1 atom stereocenters. The first-order valence-corrected chi connectivity index (χ1v) is 4.07. The van der Waals surface area contributed by atoms with E-state index >= 15 is 0 Å². The fraction of sp³-hybridized carbons (Fsp3) is 0.333. The number of aliphatic hydroxyl groups excluding tert-OH is 1. The molecule has 4 N–H and O–H groups in total. The largest absolute Gasteiger partial charge is 0.480 e. The molecule has 0 fully saturated rings. The maximum absolute atomic E-state index is 10.8. The van der Waals surface area contributed by atoms with Crippen molar-refractivity contribution in [2.24, 2.45) is 5.73 Å². The Balaban J connectivity index is 3.02. The molecule has 1 aromatic heterocycles. The number of carbonyl (C=O) groups is 1. The normalized spacial score (nSPS) is 14.8. The molecule has 0 amide bonds. The molecule has 0 unspecified atom stereocenters. The zero-order valence-corrected chi connectivity index (χ0v) is 7.77. The standard InChI is InChI=1S/C9H12N2O3/c1-9(10,8(13)14)7-3-2-6(5-12)4-11-7/h2-4,12H,5,10H2,1H3,(H,13,14)/t9-/m0/s1. The number of hydrogen-bond acceptors (Lipinski definition) is 4. The number of carboxylic acid groups (broad SMARTS) is 1. The number of carboxylic acids is 1. The summed E-state index contributed by atoms with van der Waals surface area (Å²) in [4.78, 5) is 14.6. The average Bonchev–Trinajstić information content (AvgIpc) is 2.17. The fourth-order valence-corrected chi connectivity index (χ4v) is 0.935. The molecule has 76 valence electrons. The van der Waals surface area contributed by atoms with E-state index in [-0.39, 0.29) is 12.3 Å². The van der Waals surface area contributed by atoms with Gasteiger partial charge < -0.3 is 15.9 Å². The van der Waals surface area contributed by atoms with E-state index in [0.717, 1.165) is 0 Å². The maximum Gasteiger partial charge on any atom is 0.329 e. The van der Waals surface area contributed by atoms with Gasteiger partial charge in [-0.25, -0.2) is 4.79 Å². The number of hydrogen-bond donors (Lipinski definition) is 3. The van der Waals surface area contributed by atoms with E-state index in [0.29, 0.717) is 5.56 Å². The number of aliphatic carboxylic acids is 1. The van der Waals surface area contributed by atoms with Crippen LogP contribution in [0, 0.1) is 0 Å². The second-order valence-electron chi connectivity index (χ2n) is 3.22. The second kappa shape index (κ2) is 3.73. The first-order chi connectivity index (χ1) is 6.48.